The molecule has 3 aromatic rings. The lowest BCUT2D eigenvalue weighted by Gasteiger charge is -2.34. The van der Waals surface area contributed by atoms with Gasteiger partial charge in [-0.05, 0) is 29.8 Å². The molecule has 0 aliphatic carbocycles. The first kappa shape index (κ1) is 18.3. The second-order valence-electron chi connectivity index (χ2n) is 6.93. The molecule has 6 nitrogen and oxygen atoms in total. The third-order valence-corrected chi connectivity index (χ3v) is 5.08. The molecule has 0 radical (unpaired) electrons. The van der Waals surface area contributed by atoms with Crippen LogP contribution in [0.5, 0.6) is 5.75 Å². The average Bonchev–Trinajstić information content (AvgIpc) is 3.25. The molecular weight excluding hydrogens is 352 g/mol. The Morgan fingerprint density at radius 1 is 1.00 bits per heavy atom. The van der Waals surface area contributed by atoms with Gasteiger partial charge >= 0.3 is 0 Å². The molecule has 28 heavy (non-hydrogen) atoms. The Bertz CT molecular complexity index is 913. The number of methoxy groups -OCH3 is 1. The second-order valence-corrected chi connectivity index (χ2v) is 6.93. The molecule has 0 N–H and O–H groups in total. The van der Waals surface area contributed by atoms with Gasteiger partial charge in [0, 0.05) is 38.9 Å². The van der Waals surface area contributed by atoms with E-state index in [1.54, 1.807) is 24.2 Å². The summed E-state index contributed by atoms with van der Waals surface area (Å²) in [5.41, 5.74) is 2.84. The van der Waals surface area contributed by atoms with Gasteiger partial charge in [-0.3, -0.25) is 9.69 Å². The molecule has 1 amide bonds. The quantitative estimate of drug-likeness (QED) is 0.687. The smallest absolute Gasteiger partial charge is 0.257 e. The van der Waals surface area contributed by atoms with E-state index in [1.807, 2.05) is 47.4 Å². The molecule has 1 saturated heterocycles. The van der Waals surface area contributed by atoms with Gasteiger partial charge in [0.2, 0.25) is 0 Å². The minimum absolute atomic E-state index is 0.0475. The molecular formula is C22H24N4O2. The van der Waals surface area contributed by atoms with Gasteiger partial charge in [0.05, 0.1) is 24.6 Å². The molecule has 4 rings (SSSR count). The molecule has 2 aromatic carbocycles. The van der Waals surface area contributed by atoms with Crippen LogP contribution >= 0.6 is 0 Å². The van der Waals surface area contributed by atoms with Crippen LogP contribution in [-0.2, 0) is 6.54 Å². The number of benzene rings is 2. The van der Waals surface area contributed by atoms with Crippen LogP contribution in [0.25, 0.3) is 5.69 Å². The SMILES string of the molecule is COc1ccc(CN2CCN(C(=O)c3cnn(-c4ccccc4)c3)CC2)cc1. The molecule has 2 heterocycles. The zero-order valence-corrected chi connectivity index (χ0v) is 16.0. The maximum Gasteiger partial charge on any atom is 0.257 e. The van der Waals surface area contributed by atoms with Crippen molar-refractivity contribution >= 4 is 5.91 Å². The Balaban J connectivity index is 1.33. The highest BCUT2D eigenvalue weighted by atomic mass is 16.5. The highest BCUT2D eigenvalue weighted by molar-refractivity contribution is 5.93. The van der Waals surface area contributed by atoms with Crippen LogP contribution in [0.15, 0.2) is 67.0 Å². The first-order chi connectivity index (χ1) is 13.7. The highest BCUT2D eigenvalue weighted by Crippen LogP contribution is 2.15. The molecule has 1 fully saturated rings. The Labute approximate surface area is 164 Å². The normalized spacial score (nSPS) is 14.8. The van der Waals surface area contributed by atoms with Crippen LogP contribution in [0.1, 0.15) is 15.9 Å². The average molecular weight is 376 g/mol. The number of carbonyl (C=O) groups is 1. The third kappa shape index (κ3) is 4.07. The zero-order valence-electron chi connectivity index (χ0n) is 16.0. The van der Waals surface area contributed by atoms with Crippen molar-refractivity contribution in [3.63, 3.8) is 0 Å². The van der Waals surface area contributed by atoms with Crippen molar-refractivity contribution in [1.82, 2.24) is 19.6 Å². The number of rotatable bonds is 5. The first-order valence-corrected chi connectivity index (χ1v) is 9.47. The van der Waals surface area contributed by atoms with Gasteiger partial charge in [-0.2, -0.15) is 5.10 Å². The van der Waals surface area contributed by atoms with E-state index in [1.165, 1.54) is 5.56 Å². The summed E-state index contributed by atoms with van der Waals surface area (Å²) < 4.78 is 6.95. The largest absolute Gasteiger partial charge is 0.497 e. The first-order valence-electron chi connectivity index (χ1n) is 9.47. The molecule has 1 aliphatic heterocycles. The Hall–Kier alpha value is -3.12. The number of nitrogens with zero attached hydrogens (tertiary/aromatic N) is 4. The van der Waals surface area contributed by atoms with E-state index >= 15 is 0 Å². The molecule has 0 bridgehead atoms. The minimum Gasteiger partial charge on any atom is -0.497 e. The number of hydrogen-bond donors (Lipinski definition) is 0. The van der Waals surface area contributed by atoms with Crippen LogP contribution in [0.2, 0.25) is 0 Å². The highest BCUT2D eigenvalue weighted by Gasteiger charge is 2.23. The van der Waals surface area contributed by atoms with Crippen LogP contribution in [-0.4, -0.2) is 58.8 Å². The van der Waals surface area contributed by atoms with Crippen LogP contribution in [0.3, 0.4) is 0 Å². The van der Waals surface area contributed by atoms with Gasteiger partial charge in [-0.15, -0.1) is 0 Å². The molecule has 144 valence electrons. The van der Waals surface area contributed by atoms with E-state index in [0.717, 1.165) is 44.2 Å². The number of para-hydroxylation sites is 1. The van der Waals surface area contributed by atoms with Gasteiger partial charge in [-0.1, -0.05) is 30.3 Å². The number of piperazine rings is 1. The van der Waals surface area contributed by atoms with E-state index in [0.29, 0.717) is 5.56 Å². The van der Waals surface area contributed by atoms with E-state index in [-0.39, 0.29) is 5.91 Å². The predicted octanol–water partition coefficient (Wildman–Crippen LogP) is 2.84. The summed E-state index contributed by atoms with van der Waals surface area (Å²) >= 11 is 0. The topological polar surface area (TPSA) is 50.6 Å². The Morgan fingerprint density at radius 2 is 1.71 bits per heavy atom. The molecule has 1 aliphatic rings. The van der Waals surface area contributed by atoms with E-state index in [2.05, 4.69) is 22.1 Å². The van der Waals surface area contributed by atoms with Gasteiger partial charge in [-0.25, -0.2) is 4.68 Å². The number of aromatic nitrogens is 2. The van der Waals surface area contributed by atoms with Crippen molar-refractivity contribution in [1.29, 1.82) is 0 Å². The Morgan fingerprint density at radius 3 is 2.39 bits per heavy atom. The maximum absolute atomic E-state index is 12.8. The Kier molecular flexibility index (Phi) is 5.39. The van der Waals surface area contributed by atoms with Crippen molar-refractivity contribution in [3.8, 4) is 11.4 Å². The van der Waals surface area contributed by atoms with Crippen molar-refractivity contribution in [2.24, 2.45) is 0 Å². The molecule has 0 saturated carbocycles. The fourth-order valence-electron chi connectivity index (χ4n) is 3.44. The van der Waals surface area contributed by atoms with E-state index in [4.69, 9.17) is 4.74 Å². The molecule has 1 aromatic heterocycles. The number of ether oxygens (including phenoxy) is 1. The lowest BCUT2D eigenvalue weighted by atomic mass is 10.2. The van der Waals surface area contributed by atoms with Gasteiger partial charge < -0.3 is 9.64 Å². The lowest BCUT2D eigenvalue weighted by molar-refractivity contribution is 0.0628. The molecule has 0 atom stereocenters. The number of amides is 1. The van der Waals surface area contributed by atoms with Crippen molar-refractivity contribution in [3.05, 3.63) is 78.1 Å². The van der Waals surface area contributed by atoms with Crippen molar-refractivity contribution in [2.45, 2.75) is 6.54 Å². The minimum atomic E-state index is 0.0475. The van der Waals surface area contributed by atoms with Crippen molar-refractivity contribution < 1.29 is 9.53 Å². The standard InChI is InChI=1S/C22H24N4O2/c1-28-21-9-7-18(8-10-21)16-24-11-13-25(14-12-24)22(27)19-15-23-26(17-19)20-5-3-2-4-6-20/h2-10,15,17H,11-14,16H2,1H3. The van der Waals surface area contributed by atoms with Crippen LogP contribution in [0, 0.1) is 0 Å². The third-order valence-electron chi connectivity index (χ3n) is 5.08. The van der Waals surface area contributed by atoms with Gasteiger partial charge in [0.15, 0.2) is 0 Å². The number of carbonyl (C=O) groups excluding carboxylic acids is 1. The maximum atomic E-state index is 12.8. The summed E-state index contributed by atoms with van der Waals surface area (Å²) in [5.74, 6) is 0.918. The summed E-state index contributed by atoms with van der Waals surface area (Å²) in [6, 6.07) is 18.0. The van der Waals surface area contributed by atoms with E-state index in [9.17, 15) is 4.79 Å². The molecule has 0 unspecified atom stereocenters. The second kappa shape index (κ2) is 8.27. The van der Waals surface area contributed by atoms with Gasteiger partial charge in [0.25, 0.3) is 5.91 Å². The fourth-order valence-corrected chi connectivity index (χ4v) is 3.44. The van der Waals surface area contributed by atoms with E-state index < -0.39 is 0 Å². The fraction of sp³-hybridized carbons (Fsp3) is 0.273. The predicted molar refractivity (Wildman–Crippen MR) is 108 cm³/mol. The summed E-state index contributed by atoms with van der Waals surface area (Å²) in [5, 5.41) is 4.34. The summed E-state index contributed by atoms with van der Waals surface area (Å²) in [6.07, 6.45) is 3.46. The van der Waals surface area contributed by atoms with Crippen LogP contribution < -0.4 is 4.74 Å². The molecule has 0 spiro atoms. The summed E-state index contributed by atoms with van der Waals surface area (Å²) in [7, 11) is 1.68. The van der Waals surface area contributed by atoms with Gasteiger partial charge in [0.1, 0.15) is 5.75 Å². The molecule has 6 heteroatoms. The number of hydrogen-bond acceptors (Lipinski definition) is 4. The zero-order chi connectivity index (χ0) is 19.3. The monoisotopic (exact) mass is 376 g/mol. The summed E-state index contributed by atoms with van der Waals surface area (Å²) in [4.78, 5) is 17.1. The van der Waals surface area contributed by atoms with Crippen LogP contribution in [0.4, 0.5) is 0 Å². The van der Waals surface area contributed by atoms with Crippen molar-refractivity contribution in [2.75, 3.05) is 33.3 Å². The summed E-state index contributed by atoms with van der Waals surface area (Å²) in [6.45, 7) is 4.07. The lowest BCUT2D eigenvalue weighted by Crippen LogP contribution is -2.48.